The van der Waals surface area contributed by atoms with Crippen LogP contribution in [-0.4, -0.2) is 28.0 Å². The molecular weight excluding hydrogens is 310 g/mol. The highest BCUT2D eigenvalue weighted by molar-refractivity contribution is 5.74. The van der Waals surface area contributed by atoms with Crippen LogP contribution >= 0.6 is 0 Å². The average Bonchev–Trinajstić information content (AvgIpc) is 2.50. The van der Waals surface area contributed by atoms with Crippen LogP contribution in [0.25, 0.3) is 0 Å². The molecule has 9 nitrogen and oxygen atoms in total. The van der Waals surface area contributed by atoms with E-state index in [0.29, 0.717) is 12.2 Å². The maximum absolute atomic E-state index is 11.3. The summed E-state index contributed by atoms with van der Waals surface area (Å²) in [4.78, 5) is 18.9. The van der Waals surface area contributed by atoms with Gasteiger partial charge in [0, 0.05) is 18.7 Å². The second-order valence-corrected chi connectivity index (χ2v) is 5.44. The molecule has 0 aliphatic carbocycles. The Morgan fingerprint density at radius 1 is 1.29 bits per heavy atom. The number of anilines is 4. The Morgan fingerprint density at radius 2 is 2.04 bits per heavy atom. The van der Waals surface area contributed by atoms with Gasteiger partial charge in [-0.2, -0.15) is 9.97 Å². The first kappa shape index (κ1) is 17.4. The van der Waals surface area contributed by atoms with Crippen LogP contribution in [0, 0.1) is 24.0 Å². The van der Waals surface area contributed by atoms with E-state index < -0.39 is 4.92 Å². The van der Waals surface area contributed by atoms with Crippen molar-refractivity contribution >= 4 is 29.0 Å². The number of rotatable bonds is 7. The first-order valence-corrected chi connectivity index (χ1v) is 7.61. The predicted octanol–water partition coefficient (Wildman–Crippen LogP) is 1.37. The van der Waals surface area contributed by atoms with E-state index in [4.69, 9.17) is 5.73 Å². The van der Waals surface area contributed by atoms with Crippen molar-refractivity contribution in [3.05, 3.63) is 39.4 Å². The Hall–Kier alpha value is -2.94. The van der Waals surface area contributed by atoms with Gasteiger partial charge in [-0.1, -0.05) is 6.07 Å². The molecule has 2 aromatic rings. The third kappa shape index (κ3) is 4.07. The monoisotopic (exact) mass is 332 g/mol. The molecule has 0 atom stereocenters. The van der Waals surface area contributed by atoms with Gasteiger partial charge >= 0.3 is 5.69 Å². The zero-order valence-electron chi connectivity index (χ0n) is 13.8. The maximum atomic E-state index is 11.3. The fraction of sp³-hybridized carbons (Fsp3) is 0.333. The minimum absolute atomic E-state index is 0.0628. The highest BCUT2D eigenvalue weighted by atomic mass is 16.6. The van der Waals surface area contributed by atoms with Crippen molar-refractivity contribution < 1.29 is 10.7 Å². The minimum atomic E-state index is -0.585. The standard InChI is InChI=1S/C15H21N7O2/c1-9-4-5-11(8-10(9)2)19-14-12(22(23)24)13(17)20-15(21-14)18-7-3-6-16/h4-5,8H,3,6-7,16H2,1-2H3,(H4,17,18,19,20,21)/p+1. The summed E-state index contributed by atoms with van der Waals surface area (Å²) >= 11 is 0. The van der Waals surface area contributed by atoms with Crippen LogP contribution in [0.5, 0.6) is 0 Å². The smallest absolute Gasteiger partial charge is 0.353 e. The number of nitro groups is 1. The van der Waals surface area contributed by atoms with Crippen LogP contribution in [0.2, 0.25) is 0 Å². The van der Waals surface area contributed by atoms with E-state index in [9.17, 15) is 10.1 Å². The molecule has 0 aliphatic heterocycles. The lowest BCUT2D eigenvalue weighted by atomic mass is 10.1. The molecule has 9 heteroatoms. The normalized spacial score (nSPS) is 10.5. The average molecular weight is 332 g/mol. The van der Waals surface area contributed by atoms with Crippen molar-refractivity contribution in [2.45, 2.75) is 20.3 Å². The molecule has 0 aliphatic rings. The molecule has 1 aromatic carbocycles. The fourth-order valence-electron chi connectivity index (χ4n) is 2.10. The van der Waals surface area contributed by atoms with Gasteiger partial charge in [0.25, 0.3) is 0 Å². The first-order chi connectivity index (χ1) is 11.4. The van der Waals surface area contributed by atoms with Gasteiger partial charge in [0.05, 0.1) is 11.5 Å². The second kappa shape index (κ2) is 7.55. The summed E-state index contributed by atoms with van der Waals surface area (Å²) in [6.45, 7) is 5.34. The number of aryl methyl sites for hydroxylation is 2. The Labute approximate surface area is 139 Å². The van der Waals surface area contributed by atoms with Crippen LogP contribution in [-0.2, 0) is 0 Å². The minimum Gasteiger partial charge on any atom is -0.378 e. The number of hydrogen-bond acceptors (Lipinski definition) is 7. The largest absolute Gasteiger partial charge is 0.378 e. The molecule has 0 radical (unpaired) electrons. The highest BCUT2D eigenvalue weighted by Crippen LogP contribution is 2.31. The lowest BCUT2D eigenvalue weighted by Gasteiger charge is -2.11. The fourth-order valence-corrected chi connectivity index (χ4v) is 2.10. The van der Waals surface area contributed by atoms with E-state index in [1.165, 1.54) is 0 Å². The van der Waals surface area contributed by atoms with Crippen LogP contribution in [0.15, 0.2) is 18.2 Å². The van der Waals surface area contributed by atoms with Gasteiger partial charge in [-0.3, -0.25) is 10.1 Å². The second-order valence-electron chi connectivity index (χ2n) is 5.44. The zero-order chi connectivity index (χ0) is 17.7. The van der Waals surface area contributed by atoms with E-state index in [2.05, 4.69) is 26.3 Å². The lowest BCUT2D eigenvalue weighted by molar-refractivity contribution is -0.383. The molecule has 0 spiro atoms. The van der Waals surface area contributed by atoms with Crippen molar-refractivity contribution in [1.29, 1.82) is 0 Å². The summed E-state index contributed by atoms with van der Waals surface area (Å²) in [5, 5.41) is 17.3. The molecular formula is C15H22N7O2+. The molecule has 128 valence electrons. The summed E-state index contributed by atoms with van der Waals surface area (Å²) in [5.41, 5.74) is 12.1. The van der Waals surface area contributed by atoms with Gasteiger partial charge in [0.2, 0.25) is 17.6 Å². The van der Waals surface area contributed by atoms with E-state index in [1.54, 1.807) is 0 Å². The number of nitrogen functional groups attached to an aromatic ring is 1. The molecule has 24 heavy (non-hydrogen) atoms. The van der Waals surface area contributed by atoms with Gasteiger partial charge < -0.3 is 22.1 Å². The molecule has 0 fully saturated rings. The van der Waals surface area contributed by atoms with Crippen LogP contribution < -0.4 is 22.1 Å². The quantitative estimate of drug-likeness (QED) is 0.340. The number of hydrogen-bond donors (Lipinski definition) is 4. The van der Waals surface area contributed by atoms with E-state index in [-0.39, 0.29) is 23.3 Å². The summed E-state index contributed by atoms with van der Waals surface area (Å²) in [6.07, 6.45) is 0.834. The predicted molar refractivity (Wildman–Crippen MR) is 93.2 cm³/mol. The molecule has 2 rings (SSSR count). The molecule has 0 bridgehead atoms. The van der Waals surface area contributed by atoms with Crippen LogP contribution in [0.4, 0.5) is 29.0 Å². The Bertz CT molecular complexity index is 749. The summed E-state index contributed by atoms with van der Waals surface area (Å²) in [5.74, 6) is 0.129. The number of nitrogens with one attached hydrogen (secondary N) is 2. The van der Waals surface area contributed by atoms with E-state index in [1.807, 2.05) is 32.0 Å². The molecule has 7 N–H and O–H groups in total. The maximum Gasteiger partial charge on any atom is 0.353 e. The molecule has 1 heterocycles. The number of quaternary nitrogens is 1. The summed E-state index contributed by atoms with van der Waals surface area (Å²) in [6, 6.07) is 5.66. The SMILES string of the molecule is Cc1ccc(Nc2nc(NCCC[NH3+])nc(N)c2[N+](=O)[O-])cc1C. The zero-order valence-corrected chi connectivity index (χ0v) is 13.8. The van der Waals surface area contributed by atoms with Crippen molar-refractivity contribution in [2.24, 2.45) is 0 Å². The van der Waals surface area contributed by atoms with Crippen molar-refractivity contribution in [1.82, 2.24) is 9.97 Å². The first-order valence-electron chi connectivity index (χ1n) is 7.61. The Morgan fingerprint density at radius 3 is 2.67 bits per heavy atom. The third-order valence-corrected chi connectivity index (χ3v) is 3.57. The Balaban J connectivity index is 2.36. The molecule has 1 aromatic heterocycles. The molecule has 0 unspecified atom stereocenters. The molecule has 0 saturated heterocycles. The van der Waals surface area contributed by atoms with Crippen molar-refractivity contribution in [3.63, 3.8) is 0 Å². The Kier molecular flexibility index (Phi) is 5.48. The van der Waals surface area contributed by atoms with E-state index in [0.717, 1.165) is 24.1 Å². The topological polar surface area (TPSA) is 147 Å². The summed E-state index contributed by atoms with van der Waals surface area (Å²) < 4.78 is 0. The van der Waals surface area contributed by atoms with Gasteiger partial charge in [-0.25, -0.2) is 0 Å². The van der Waals surface area contributed by atoms with E-state index >= 15 is 0 Å². The third-order valence-electron chi connectivity index (χ3n) is 3.57. The van der Waals surface area contributed by atoms with Crippen LogP contribution in [0.1, 0.15) is 17.5 Å². The number of nitrogens with zero attached hydrogens (tertiary/aromatic N) is 3. The number of nitrogens with two attached hydrogens (primary N) is 1. The van der Waals surface area contributed by atoms with Crippen LogP contribution in [0.3, 0.4) is 0 Å². The van der Waals surface area contributed by atoms with Crippen molar-refractivity contribution in [2.75, 3.05) is 29.5 Å². The molecule has 0 saturated carbocycles. The lowest BCUT2D eigenvalue weighted by Crippen LogP contribution is -2.50. The highest BCUT2D eigenvalue weighted by Gasteiger charge is 2.23. The van der Waals surface area contributed by atoms with Gasteiger partial charge in [-0.05, 0) is 37.1 Å². The number of aromatic nitrogens is 2. The van der Waals surface area contributed by atoms with Gasteiger partial charge in [0.15, 0.2) is 0 Å². The van der Waals surface area contributed by atoms with Crippen molar-refractivity contribution in [3.8, 4) is 0 Å². The summed E-state index contributed by atoms with van der Waals surface area (Å²) in [7, 11) is 0. The van der Waals surface area contributed by atoms with Gasteiger partial charge in [0.1, 0.15) is 0 Å². The van der Waals surface area contributed by atoms with Gasteiger partial charge in [-0.15, -0.1) is 0 Å². The number of benzene rings is 1. The molecule has 0 amide bonds.